The Morgan fingerprint density at radius 3 is 3.14 bits per heavy atom. The Morgan fingerprint density at radius 1 is 1.48 bits per heavy atom. The van der Waals surface area contributed by atoms with Gasteiger partial charge >= 0.3 is 0 Å². The Hall–Kier alpha value is -2.22. The van der Waals surface area contributed by atoms with Crippen molar-refractivity contribution >= 4 is 5.82 Å². The standard InChI is InChI=1S/C13H18N6O2/c1-8-17-13(19-18-8)12-9(3-4-21-12)6-14-10-5-11(20-2)16-7-15-10/h5,7,9,12H,3-4,6H2,1-2H3,(H,14,15,16)(H,17,18,19)/t9-,12-/m0/s1. The highest BCUT2D eigenvalue weighted by molar-refractivity contribution is 5.37. The first-order valence-electron chi connectivity index (χ1n) is 6.86. The maximum Gasteiger partial charge on any atom is 0.218 e. The summed E-state index contributed by atoms with van der Waals surface area (Å²) < 4.78 is 10.8. The van der Waals surface area contributed by atoms with E-state index in [9.17, 15) is 0 Å². The second-order valence-electron chi connectivity index (χ2n) is 4.95. The first kappa shape index (κ1) is 13.7. The molecule has 0 spiro atoms. The number of aryl methyl sites for hydroxylation is 1. The molecule has 0 aromatic carbocycles. The number of ether oxygens (including phenoxy) is 2. The molecule has 0 amide bonds. The van der Waals surface area contributed by atoms with Crippen molar-refractivity contribution < 1.29 is 9.47 Å². The Morgan fingerprint density at radius 2 is 2.38 bits per heavy atom. The molecule has 0 bridgehead atoms. The maximum absolute atomic E-state index is 5.76. The zero-order chi connectivity index (χ0) is 14.7. The summed E-state index contributed by atoms with van der Waals surface area (Å²) in [5, 5.41) is 10.3. The van der Waals surface area contributed by atoms with E-state index in [1.807, 2.05) is 6.92 Å². The van der Waals surface area contributed by atoms with E-state index in [0.29, 0.717) is 11.8 Å². The molecule has 8 heteroatoms. The fraction of sp³-hybridized carbons (Fsp3) is 0.538. The largest absolute Gasteiger partial charge is 0.481 e. The van der Waals surface area contributed by atoms with E-state index in [-0.39, 0.29) is 6.10 Å². The molecule has 112 valence electrons. The van der Waals surface area contributed by atoms with Crippen LogP contribution in [0.5, 0.6) is 5.88 Å². The molecule has 2 aromatic heterocycles. The Bertz CT molecular complexity index is 602. The lowest BCUT2D eigenvalue weighted by atomic mass is 10.0. The summed E-state index contributed by atoms with van der Waals surface area (Å²) in [6.45, 7) is 3.34. The third kappa shape index (κ3) is 3.10. The van der Waals surface area contributed by atoms with Gasteiger partial charge in [0.1, 0.15) is 24.1 Å². The molecule has 1 aliphatic heterocycles. The van der Waals surface area contributed by atoms with Gasteiger partial charge in [0.05, 0.1) is 7.11 Å². The SMILES string of the molecule is COc1cc(NC[C@@H]2CCO[C@@H]2c2n[nH]c(C)n2)ncn1. The molecule has 3 heterocycles. The third-order valence-electron chi connectivity index (χ3n) is 3.48. The van der Waals surface area contributed by atoms with Crippen molar-refractivity contribution in [1.29, 1.82) is 0 Å². The van der Waals surface area contributed by atoms with Crippen LogP contribution in [0.25, 0.3) is 0 Å². The van der Waals surface area contributed by atoms with Crippen LogP contribution in [-0.4, -0.2) is 45.4 Å². The van der Waals surface area contributed by atoms with E-state index in [0.717, 1.165) is 37.0 Å². The van der Waals surface area contributed by atoms with Gasteiger partial charge in [-0.15, -0.1) is 0 Å². The lowest BCUT2D eigenvalue weighted by molar-refractivity contribution is 0.0863. The Labute approximate surface area is 122 Å². The minimum Gasteiger partial charge on any atom is -0.481 e. The van der Waals surface area contributed by atoms with Crippen molar-refractivity contribution in [2.24, 2.45) is 5.92 Å². The molecule has 0 saturated carbocycles. The van der Waals surface area contributed by atoms with E-state index in [2.05, 4.69) is 30.5 Å². The molecule has 0 aliphatic carbocycles. The second-order valence-corrected chi connectivity index (χ2v) is 4.95. The van der Waals surface area contributed by atoms with Crippen LogP contribution in [0.1, 0.15) is 24.2 Å². The summed E-state index contributed by atoms with van der Waals surface area (Å²) in [5.41, 5.74) is 0. The van der Waals surface area contributed by atoms with Gasteiger partial charge < -0.3 is 14.8 Å². The quantitative estimate of drug-likeness (QED) is 0.850. The van der Waals surface area contributed by atoms with Gasteiger partial charge in [0.25, 0.3) is 0 Å². The summed E-state index contributed by atoms with van der Waals surface area (Å²) in [4.78, 5) is 12.5. The van der Waals surface area contributed by atoms with E-state index in [1.165, 1.54) is 6.33 Å². The average molecular weight is 290 g/mol. The molecule has 2 atom stereocenters. The zero-order valence-corrected chi connectivity index (χ0v) is 12.0. The summed E-state index contributed by atoms with van der Waals surface area (Å²) in [6.07, 6.45) is 2.36. The number of nitrogens with zero attached hydrogens (tertiary/aromatic N) is 4. The molecule has 1 fully saturated rings. The molecule has 8 nitrogen and oxygen atoms in total. The summed E-state index contributed by atoms with van der Waals surface area (Å²) in [5.74, 6) is 3.10. The first-order chi connectivity index (χ1) is 10.3. The van der Waals surface area contributed by atoms with Crippen molar-refractivity contribution in [3.05, 3.63) is 24.0 Å². The van der Waals surface area contributed by atoms with Gasteiger partial charge in [-0.2, -0.15) is 5.10 Å². The summed E-state index contributed by atoms with van der Waals surface area (Å²) in [6, 6.07) is 1.77. The highest BCUT2D eigenvalue weighted by Gasteiger charge is 2.32. The van der Waals surface area contributed by atoms with Gasteiger partial charge in [-0.25, -0.2) is 15.0 Å². The lowest BCUT2D eigenvalue weighted by Crippen LogP contribution is -2.19. The van der Waals surface area contributed by atoms with Crippen molar-refractivity contribution in [1.82, 2.24) is 25.1 Å². The number of hydrogen-bond donors (Lipinski definition) is 2. The summed E-state index contributed by atoms with van der Waals surface area (Å²) >= 11 is 0. The predicted molar refractivity (Wildman–Crippen MR) is 75.0 cm³/mol. The predicted octanol–water partition coefficient (Wildman–Crippen LogP) is 1.10. The van der Waals surface area contributed by atoms with Crippen LogP contribution in [0.4, 0.5) is 5.82 Å². The molecule has 0 radical (unpaired) electrons. The summed E-state index contributed by atoms with van der Waals surface area (Å²) in [7, 11) is 1.58. The molecule has 1 saturated heterocycles. The van der Waals surface area contributed by atoms with Crippen LogP contribution in [0.2, 0.25) is 0 Å². The molecule has 3 rings (SSSR count). The lowest BCUT2D eigenvalue weighted by Gasteiger charge is -2.16. The number of methoxy groups -OCH3 is 1. The van der Waals surface area contributed by atoms with Crippen molar-refractivity contribution in [3.8, 4) is 5.88 Å². The molecular formula is C13H18N6O2. The van der Waals surface area contributed by atoms with Gasteiger partial charge in [0.2, 0.25) is 5.88 Å². The van der Waals surface area contributed by atoms with Crippen LogP contribution in [0.3, 0.4) is 0 Å². The molecular weight excluding hydrogens is 272 g/mol. The smallest absolute Gasteiger partial charge is 0.218 e. The zero-order valence-electron chi connectivity index (χ0n) is 12.0. The number of aromatic amines is 1. The average Bonchev–Trinajstić information content (AvgIpc) is 3.13. The first-order valence-corrected chi connectivity index (χ1v) is 6.86. The Kier molecular flexibility index (Phi) is 3.96. The van der Waals surface area contributed by atoms with E-state index < -0.39 is 0 Å². The van der Waals surface area contributed by atoms with Crippen LogP contribution in [0, 0.1) is 12.8 Å². The van der Waals surface area contributed by atoms with E-state index in [1.54, 1.807) is 13.2 Å². The molecule has 21 heavy (non-hydrogen) atoms. The second kappa shape index (κ2) is 6.04. The number of H-pyrrole nitrogens is 1. The third-order valence-corrected chi connectivity index (χ3v) is 3.48. The van der Waals surface area contributed by atoms with Crippen molar-refractivity contribution in [3.63, 3.8) is 0 Å². The normalized spacial score (nSPS) is 21.4. The van der Waals surface area contributed by atoms with Crippen LogP contribution >= 0.6 is 0 Å². The topological polar surface area (TPSA) is 97.8 Å². The molecule has 1 aliphatic rings. The monoisotopic (exact) mass is 290 g/mol. The number of hydrogen-bond acceptors (Lipinski definition) is 7. The molecule has 2 N–H and O–H groups in total. The minimum absolute atomic E-state index is 0.0776. The van der Waals surface area contributed by atoms with Gasteiger partial charge in [-0.3, -0.25) is 5.10 Å². The minimum atomic E-state index is -0.0776. The van der Waals surface area contributed by atoms with Gasteiger partial charge in [0, 0.05) is 25.1 Å². The van der Waals surface area contributed by atoms with Gasteiger partial charge in [-0.05, 0) is 13.3 Å². The van der Waals surface area contributed by atoms with Crippen LogP contribution in [0.15, 0.2) is 12.4 Å². The number of nitrogens with one attached hydrogen (secondary N) is 2. The Balaban J connectivity index is 1.63. The highest BCUT2D eigenvalue weighted by Crippen LogP contribution is 2.32. The number of aromatic nitrogens is 5. The van der Waals surface area contributed by atoms with Crippen LogP contribution < -0.4 is 10.1 Å². The van der Waals surface area contributed by atoms with E-state index in [4.69, 9.17) is 9.47 Å². The van der Waals surface area contributed by atoms with Gasteiger partial charge in [-0.1, -0.05) is 0 Å². The molecule has 0 unspecified atom stereocenters. The van der Waals surface area contributed by atoms with Crippen molar-refractivity contribution in [2.75, 3.05) is 25.6 Å². The van der Waals surface area contributed by atoms with Crippen LogP contribution in [-0.2, 0) is 4.74 Å². The fourth-order valence-electron chi connectivity index (χ4n) is 2.40. The van der Waals surface area contributed by atoms with E-state index >= 15 is 0 Å². The van der Waals surface area contributed by atoms with Crippen molar-refractivity contribution in [2.45, 2.75) is 19.4 Å². The highest BCUT2D eigenvalue weighted by atomic mass is 16.5. The maximum atomic E-state index is 5.76. The van der Waals surface area contributed by atoms with Gasteiger partial charge in [0.15, 0.2) is 5.82 Å². The molecule has 2 aromatic rings. The fourth-order valence-corrected chi connectivity index (χ4v) is 2.40. The number of rotatable bonds is 5. The number of anilines is 1.